The minimum absolute atomic E-state index is 0.0909. The van der Waals surface area contributed by atoms with Crippen molar-refractivity contribution in [1.82, 2.24) is 9.78 Å². The Morgan fingerprint density at radius 2 is 1.93 bits per heavy atom. The van der Waals surface area contributed by atoms with Crippen molar-refractivity contribution in [3.63, 3.8) is 0 Å². The van der Waals surface area contributed by atoms with Crippen LogP contribution >= 0.6 is 0 Å². The molecule has 0 saturated heterocycles. The average Bonchev–Trinajstić information content (AvgIpc) is 3.31. The lowest BCUT2D eigenvalue weighted by molar-refractivity contribution is -0.118. The standard InChI is InChI=1S/C22H20N4O2/c23-14-13-16-9-11-18(12-10-16)28-15-21(27)24-22-19-7-4-8-20(19)25-26(22)17-5-2-1-3-6-17/h1-3,5-6,9-12H,4,7-8,13,15H2,(H,24,27). The average molecular weight is 372 g/mol. The third-order valence-corrected chi connectivity index (χ3v) is 4.74. The van der Waals surface area contributed by atoms with E-state index in [-0.39, 0.29) is 12.5 Å². The number of benzene rings is 2. The van der Waals surface area contributed by atoms with Crippen LogP contribution in [0.4, 0.5) is 5.82 Å². The summed E-state index contributed by atoms with van der Waals surface area (Å²) in [6.45, 7) is -0.0909. The predicted octanol–water partition coefficient (Wildman–Crippen LogP) is 3.44. The monoisotopic (exact) mass is 372 g/mol. The molecule has 28 heavy (non-hydrogen) atoms. The van der Waals surface area contributed by atoms with Crippen molar-refractivity contribution in [3.8, 4) is 17.5 Å². The fourth-order valence-corrected chi connectivity index (χ4v) is 3.39. The molecular weight excluding hydrogens is 352 g/mol. The number of nitrogens with zero attached hydrogens (tertiary/aromatic N) is 3. The Morgan fingerprint density at radius 1 is 1.14 bits per heavy atom. The summed E-state index contributed by atoms with van der Waals surface area (Å²) in [5.74, 6) is 1.10. The number of anilines is 1. The van der Waals surface area contributed by atoms with Gasteiger partial charge in [0, 0.05) is 5.56 Å². The molecule has 0 saturated carbocycles. The van der Waals surface area contributed by atoms with E-state index >= 15 is 0 Å². The van der Waals surface area contributed by atoms with Crippen LogP contribution in [0.25, 0.3) is 5.69 Å². The van der Waals surface area contributed by atoms with Gasteiger partial charge in [-0.3, -0.25) is 4.79 Å². The van der Waals surface area contributed by atoms with Crippen LogP contribution in [0.2, 0.25) is 0 Å². The van der Waals surface area contributed by atoms with Crippen molar-refractivity contribution in [3.05, 3.63) is 71.4 Å². The highest BCUT2D eigenvalue weighted by molar-refractivity contribution is 5.92. The smallest absolute Gasteiger partial charge is 0.263 e. The number of hydrogen-bond acceptors (Lipinski definition) is 4. The molecule has 1 aliphatic carbocycles. The maximum atomic E-state index is 12.5. The number of ether oxygens (including phenoxy) is 1. The summed E-state index contributed by atoms with van der Waals surface area (Å²) in [4.78, 5) is 12.5. The van der Waals surface area contributed by atoms with E-state index < -0.39 is 0 Å². The molecule has 3 aromatic rings. The first kappa shape index (κ1) is 17.8. The highest BCUT2D eigenvalue weighted by Gasteiger charge is 2.24. The summed E-state index contributed by atoms with van der Waals surface area (Å²) in [5.41, 5.74) is 3.99. The number of fused-ring (bicyclic) bond motifs is 1. The fourth-order valence-electron chi connectivity index (χ4n) is 3.39. The van der Waals surface area contributed by atoms with E-state index in [4.69, 9.17) is 15.1 Å². The summed E-state index contributed by atoms with van der Waals surface area (Å²) in [6.07, 6.45) is 3.26. The molecule has 0 bridgehead atoms. The Kier molecular flexibility index (Phi) is 5.07. The molecule has 1 aliphatic rings. The highest BCUT2D eigenvalue weighted by atomic mass is 16.5. The number of amides is 1. The minimum atomic E-state index is -0.229. The number of aryl methyl sites for hydroxylation is 1. The summed E-state index contributed by atoms with van der Waals surface area (Å²) >= 11 is 0. The van der Waals surface area contributed by atoms with Crippen LogP contribution in [0.5, 0.6) is 5.75 Å². The van der Waals surface area contributed by atoms with Crippen LogP contribution in [0.15, 0.2) is 54.6 Å². The van der Waals surface area contributed by atoms with E-state index in [1.807, 2.05) is 42.5 Å². The molecule has 4 rings (SSSR count). The van der Waals surface area contributed by atoms with Crippen molar-refractivity contribution < 1.29 is 9.53 Å². The van der Waals surface area contributed by atoms with E-state index in [0.717, 1.165) is 47.6 Å². The van der Waals surface area contributed by atoms with Crippen molar-refractivity contribution in [2.45, 2.75) is 25.7 Å². The summed E-state index contributed by atoms with van der Waals surface area (Å²) in [5, 5.41) is 16.4. The third kappa shape index (κ3) is 3.74. The van der Waals surface area contributed by atoms with Crippen molar-refractivity contribution in [2.24, 2.45) is 0 Å². The van der Waals surface area contributed by atoms with E-state index in [1.165, 1.54) is 0 Å². The van der Waals surface area contributed by atoms with Gasteiger partial charge in [0.05, 0.1) is 23.9 Å². The van der Waals surface area contributed by atoms with Crippen LogP contribution < -0.4 is 10.1 Å². The molecule has 1 amide bonds. The molecule has 1 heterocycles. The van der Waals surface area contributed by atoms with E-state index in [0.29, 0.717) is 12.2 Å². The van der Waals surface area contributed by atoms with Gasteiger partial charge >= 0.3 is 0 Å². The molecule has 140 valence electrons. The van der Waals surface area contributed by atoms with Gasteiger partial charge in [0.1, 0.15) is 11.6 Å². The number of aromatic nitrogens is 2. The summed E-state index contributed by atoms with van der Waals surface area (Å²) < 4.78 is 7.39. The molecule has 6 nitrogen and oxygen atoms in total. The molecule has 1 aromatic heterocycles. The normalized spacial score (nSPS) is 12.2. The van der Waals surface area contributed by atoms with Crippen molar-refractivity contribution >= 4 is 11.7 Å². The topological polar surface area (TPSA) is 79.9 Å². The molecule has 6 heteroatoms. The number of nitriles is 1. The largest absolute Gasteiger partial charge is 0.484 e. The van der Waals surface area contributed by atoms with Crippen LogP contribution in [-0.2, 0) is 24.1 Å². The second-order valence-electron chi connectivity index (χ2n) is 6.69. The fraction of sp³-hybridized carbons (Fsp3) is 0.227. The predicted molar refractivity (Wildman–Crippen MR) is 105 cm³/mol. The number of nitrogens with one attached hydrogen (secondary N) is 1. The van der Waals surface area contributed by atoms with Gasteiger partial charge < -0.3 is 10.1 Å². The van der Waals surface area contributed by atoms with Gasteiger partial charge in [-0.25, -0.2) is 4.68 Å². The van der Waals surface area contributed by atoms with Crippen LogP contribution in [0.1, 0.15) is 23.2 Å². The number of para-hydroxylation sites is 1. The van der Waals surface area contributed by atoms with E-state index in [9.17, 15) is 4.79 Å². The second kappa shape index (κ2) is 7.97. The zero-order valence-electron chi connectivity index (χ0n) is 15.4. The van der Waals surface area contributed by atoms with Gasteiger partial charge in [-0.15, -0.1) is 0 Å². The Labute approximate surface area is 163 Å². The summed E-state index contributed by atoms with van der Waals surface area (Å²) in [7, 11) is 0. The lowest BCUT2D eigenvalue weighted by atomic mass is 10.2. The van der Waals surface area contributed by atoms with Crippen molar-refractivity contribution in [2.75, 3.05) is 11.9 Å². The lowest BCUT2D eigenvalue weighted by Crippen LogP contribution is -2.22. The summed E-state index contributed by atoms with van der Waals surface area (Å²) in [6, 6.07) is 19.1. The quantitative estimate of drug-likeness (QED) is 0.719. The maximum Gasteiger partial charge on any atom is 0.263 e. The van der Waals surface area contributed by atoms with Gasteiger partial charge in [-0.1, -0.05) is 30.3 Å². The second-order valence-corrected chi connectivity index (χ2v) is 6.69. The Hall–Kier alpha value is -3.59. The maximum absolute atomic E-state index is 12.5. The molecular formula is C22H20N4O2. The molecule has 0 aliphatic heterocycles. The molecule has 0 spiro atoms. The number of rotatable bonds is 6. The third-order valence-electron chi connectivity index (χ3n) is 4.74. The minimum Gasteiger partial charge on any atom is -0.484 e. The highest BCUT2D eigenvalue weighted by Crippen LogP contribution is 2.30. The zero-order chi connectivity index (χ0) is 19.3. The lowest BCUT2D eigenvalue weighted by Gasteiger charge is -2.12. The molecule has 1 N–H and O–H groups in total. The SMILES string of the molecule is N#CCc1ccc(OCC(=O)Nc2c3c(nn2-c2ccccc2)CCC3)cc1. The Morgan fingerprint density at radius 3 is 2.68 bits per heavy atom. The van der Waals surface area contributed by atoms with E-state index in [2.05, 4.69) is 11.4 Å². The van der Waals surface area contributed by atoms with Gasteiger partial charge in [0.25, 0.3) is 5.91 Å². The van der Waals surface area contributed by atoms with Crippen LogP contribution in [-0.4, -0.2) is 22.3 Å². The van der Waals surface area contributed by atoms with Crippen LogP contribution in [0.3, 0.4) is 0 Å². The Balaban J connectivity index is 1.47. The number of carbonyl (C=O) groups excluding carboxylic acids is 1. The van der Waals surface area contributed by atoms with Gasteiger partial charge in [-0.2, -0.15) is 10.4 Å². The first-order valence-electron chi connectivity index (χ1n) is 9.29. The molecule has 0 radical (unpaired) electrons. The molecule has 0 unspecified atom stereocenters. The number of carbonyl (C=O) groups is 1. The van der Waals surface area contributed by atoms with Gasteiger partial charge in [0.2, 0.25) is 0 Å². The zero-order valence-corrected chi connectivity index (χ0v) is 15.4. The Bertz CT molecular complexity index is 1020. The first-order chi connectivity index (χ1) is 13.7. The van der Waals surface area contributed by atoms with Gasteiger partial charge in [-0.05, 0) is 49.1 Å². The number of hydrogen-bond donors (Lipinski definition) is 1. The van der Waals surface area contributed by atoms with Crippen molar-refractivity contribution in [1.29, 1.82) is 5.26 Å². The molecule has 0 atom stereocenters. The van der Waals surface area contributed by atoms with Gasteiger partial charge in [0.15, 0.2) is 6.61 Å². The molecule has 0 fully saturated rings. The molecule has 2 aromatic carbocycles. The van der Waals surface area contributed by atoms with E-state index in [1.54, 1.807) is 16.8 Å². The van der Waals surface area contributed by atoms with Crippen LogP contribution in [0, 0.1) is 11.3 Å². The first-order valence-corrected chi connectivity index (χ1v) is 9.29.